The van der Waals surface area contributed by atoms with Crippen LogP contribution in [0.4, 0.5) is 5.69 Å². The van der Waals surface area contributed by atoms with Crippen molar-refractivity contribution in [3.8, 4) is 11.5 Å². The standard InChI is InChI=1S/C15H13BrClNO3/c1-20-14-5-3-2-4-12(14)18-15(19)9-21-13-7-6-10(17)8-11(13)16/h2-8H,9H2,1H3,(H,18,19). The highest BCUT2D eigenvalue weighted by Gasteiger charge is 2.09. The van der Waals surface area contributed by atoms with Gasteiger partial charge in [-0.15, -0.1) is 0 Å². The zero-order valence-electron chi connectivity index (χ0n) is 11.2. The first kappa shape index (κ1) is 15.7. The molecule has 0 aliphatic heterocycles. The van der Waals surface area contributed by atoms with Gasteiger partial charge < -0.3 is 14.8 Å². The molecular formula is C15H13BrClNO3. The van der Waals surface area contributed by atoms with E-state index in [1.807, 2.05) is 12.1 Å². The molecule has 2 aromatic rings. The molecule has 0 atom stereocenters. The highest BCUT2D eigenvalue weighted by molar-refractivity contribution is 9.10. The fourth-order valence-electron chi connectivity index (χ4n) is 1.67. The lowest BCUT2D eigenvalue weighted by Gasteiger charge is -2.11. The molecule has 4 nitrogen and oxygen atoms in total. The van der Waals surface area contributed by atoms with Gasteiger partial charge in [0, 0.05) is 5.02 Å². The number of amides is 1. The maximum atomic E-state index is 11.9. The molecule has 2 rings (SSSR count). The number of hydrogen-bond donors (Lipinski definition) is 1. The summed E-state index contributed by atoms with van der Waals surface area (Å²) in [6.07, 6.45) is 0. The number of para-hydroxylation sites is 2. The summed E-state index contributed by atoms with van der Waals surface area (Å²) in [5.74, 6) is 0.870. The molecule has 6 heteroatoms. The van der Waals surface area contributed by atoms with Gasteiger partial charge in [-0.1, -0.05) is 23.7 Å². The summed E-state index contributed by atoms with van der Waals surface area (Å²) in [5, 5.41) is 3.32. The summed E-state index contributed by atoms with van der Waals surface area (Å²) in [5.41, 5.74) is 0.601. The Morgan fingerprint density at radius 3 is 2.71 bits per heavy atom. The Hall–Kier alpha value is -1.72. The number of anilines is 1. The van der Waals surface area contributed by atoms with Gasteiger partial charge in [-0.3, -0.25) is 4.79 Å². The van der Waals surface area contributed by atoms with Crippen molar-refractivity contribution in [3.63, 3.8) is 0 Å². The number of rotatable bonds is 5. The highest BCUT2D eigenvalue weighted by Crippen LogP contribution is 2.28. The second-order valence-corrected chi connectivity index (χ2v) is 5.40. The zero-order valence-corrected chi connectivity index (χ0v) is 13.6. The quantitative estimate of drug-likeness (QED) is 0.861. The van der Waals surface area contributed by atoms with Crippen LogP contribution in [0.2, 0.25) is 5.02 Å². The first-order valence-corrected chi connectivity index (χ1v) is 7.28. The van der Waals surface area contributed by atoms with Crippen molar-refractivity contribution >= 4 is 39.1 Å². The predicted octanol–water partition coefficient (Wildman–Crippen LogP) is 4.13. The van der Waals surface area contributed by atoms with Crippen molar-refractivity contribution in [1.82, 2.24) is 0 Å². The molecule has 0 bridgehead atoms. The number of carbonyl (C=O) groups excluding carboxylic acids is 1. The van der Waals surface area contributed by atoms with E-state index < -0.39 is 0 Å². The fraction of sp³-hybridized carbons (Fsp3) is 0.133. The molecule has 0 fully saturated rings. The number of methoxy groups -OCH3 is 1. The minimum atomic E-state index is -0.277. The second-order valence-electron chi connectivity index (χ2n) is 4.11. The molecule has 0 saturated heterocycles. The number of nitrogens with one attached hydrogen (secondary N) is 1. The van der Waals surface area contributed by atoms with E-state index in [2.05, 4.69) is 21.2 Å². The first-order chi connectivity index (χ1) is 10.1. The van der Waals surface area contributed by atoms with Crippen molar-refractivity contribution in [2.45, 2.75) is 0 Å². The van der Waals surface area contributed by atoms with Crippen LogP contribution < -0.4 is 14.8 Å². The number of hydrogen-bond acceptors (Lipinski definition) is 3. The van der Waals surface area contributed by atoms with Gasteiger partial charge in [-0.2, -0.15) is 0 Å². The van der Waals surface area contributed by atoms with E-state index in [0.717, 1.165) is 0 Å². The van der Waals surface area contributed by atoms with Crippen molar-refractivity contribution < 1.29 is 14.3 Å². The third-order valence-corrected chi connectivity index (χ3v) is 3.49. The maximum absolute atomic E-state index is 11.9. The van der Waals surface area contributed by atoms with Gasteiger partial charge in [0.25, 0.3) is 5.91 Å². The molecule has 0 aliphatic carbocycles. The van der Waals surface area contributed by atoms with Gasteiger partial charge in [-0.25, -0.2) is 0 Å². The van der Waals surface area contributed by atoms with Crippen LogP contribution in [0.5, 0.6) is 11.5 Å². The van der Waals surface area contributed by atoms with Gasteiger partial charge >= 0.3 is 0 Å². The monoisotopic (exact) mass is 369 g/mol. The smallest absolute Gasteiger partial charge is 0.262 e. The third kappa shape index (κ3) is 4.37. The number of ether oxygens (including phenoxy) is 2. The van der Waals surface area contributed by atoms with Gasteiger partial charge in [0.2, 0.25) is 0 Å². The molecule has 0 unspecified atom stereocenters. The van der Waals surface area contributed by atoms with E-state index in [1.54, 1.807) is 37.4 Å². The van der Waals surface area contributed by atoms with Gasteiger partial charge in [0.1, 0.15) is 11.5 Å². The van der Waals surface area contributed by atoms with E-state index in [1.165, 1.54) is 0 Å². The topological polar surface area (TPSA) is 47.6 Å². The Kier molecular flexibility index (Phi) is 5.47. The Morgan fingerprint density at radius 2 is 2.00 bits per heavy atom. The summed E-state index contributed by atoms with van der Waals surface area (Å²) in [6, 6.07) is 12.3. The maximum Gasteiger partial charge on any atom is 0.262 e. The predicted molar refractivity (Wildman–Crippen MR) is 86.3 cm³/mol. The molecule has 1 amide bonds. The Balaban J connectivity index is 1.96. The molecule has 110 valence electrons. The van der Waals surface area contributed by atoms with Crippen LogP contribution in [-0.4, -0.2) is 19.6 Å². The molecule has 0 radical (unpaired) electrons. The first-order valence-electron chi connectivity index (χ1n) is 6.11. The van der Waals surface area contributed by atoms with Crippen LogP contribution in [-0.2, 0) is 4.79 Å². The van der Waals surface area contributed by atoms with Crippen LogP contribution in [0.25, 0.3) is 0 Å². The van der Waals surface area contributed by atoms with Crippen LogP contribution in [0.1, 0.15) is 0 Å². The summed E-state index contributed by atoms with van der Waals surface area (Å²) in [6.45, 7) is -0.113. The molecule has 1 N–H and O–H groups in total. The van der Waals surface area contributed by atoms with E-state index >= 15 is 0 Å². The van der Waals surface area contributed by atoms with Gasteiger partial charge in [-0.05, 0) is 46.3 Å². The third-order valence-electron chi connectivity index (χ3n) is 2.63. The normalized spacial score (nSPS) is 10.0. The molecule has 0 saturated carbocycles. The number of carbonyl (C=O) groups is 1. The van der Waals surface area contributed by atoms with Gasteiger partial charge in [0.15, 0.2) is 6.61 Å². The lowest BCUT2D eigenvalue weighted by Crippen LogP contribution is -2.20. The zero-order chi connectivity index (χ0) is 15.2. The fourth-order valence-corrected chi connectivity index (χ4v) is 2.47. The van der Waals surface area contributed by atoms with Crippen molar-refractivity contribution in [2.24, 2.45) is 0 Å². The van der Waals surface area contributed by atoms with Crippen LogP contribution in [0.15, 0.2) is 46.9 Å². The minimum Gasteiger partial charge on any atom is -0.495 e. The van der Waals surface area contributed by atoms with E-state index in [9.17, 15) is 4.79 Å². The van der Waals surface area contributed by atoms with Gasteiger partial charge in [0.05, 0.1) is 17.3 Å². The van der Waals surface area contributed by atoms with E-state index in [4.69, 9.17) is 21.1 Å². The van der Waals surface area contributed by atoms with Crippen LogP contribution in [0.3, 0.4) is 0 Å². The summed E-state index contributed by atoms with van der Waals surface area (Å²) in [7, 11) is 1.55. The van der Waals surface area contributed by atoms with Crippen molar-refractivity contribution in [3.05, 3.63) is 52.0 Å². The summed E-state index contributed by atoms with van der Waals surface area (Å²) < 4.78 is 11.3. The molecule has 0 spiro atoms. The minimum absolute atomic E-state index is 0.113. The highest BCUT2D eigenvalue weighted by atomic mass is 79.9. The molecule has 0 aliphatic rings. The SMILES string of the molecule is COc1ccccc1NC(=O)COc1ccc(Cl)cc1Br. The average Bonchev–Trinajstić information content (AvgIpc) is 2.47. The van der Waals surface area contributed by atoms with E-state index in [-0.39, 0.29) is 12.5 Å². The number of halogens is 2. The molecule has 0 aromatic heterocycles. The van der Waals surface area contributed by atoms with Crippen molar-refractivity contribution in [2.75, 3.05) is 19.0 Å². The second kappa shape index (κ2) is 7.33. The van der Waals surface area contributed by atoms with E-state index in [0.29, 0.717) is 26.7 Å². The molecular weight excluding hydrogens is 358 g/mol. The molecule has 2 aromatic carbocycles. The number of benzene rings is 2. The lowest BCUT2D eigenvalue weighted by molar-refractivity contribution is -0.118. The average molecular weight is 371 g/mol. The van der Waals surface area contributed by atoms with Crippen LogP contribution in [0, 0.1) is 0 Å². The summed E-state index contributed by atoms with van der Waals surface area (Å²) >= 11 is 9.17. The molecule has 21 heavy (non-hydrogen) atoms. The summed E-state index contributed by atoms with van der Waals surface area (Å²) in [4.78, 5) is 11.9. The Morgan fingerprint density at radius 1 is 1.24 bits per heavy atom. The Labute approximate surface area is 136 Å². The molecule has 0 heterocycles. The largest absolute Gasteiger partial charge is 0.495 e. The van der Waals surface area contributed by atoms with Crippen molar-refractivity contribution in [1.29, 1.82) is 0 Å². The Bertz CT molecular complexity index is 649. The lowest BCUT2D eigenvalue weighted by atomic mass is 10.3. The van der Waals surface area contributed by atoms with Crippen LogP contribution >= 0.6 is 27.5 Å².